The summed E-state index contributed by atoms with van der Waals surface area (Å²) in [4.78, 5) is 0. The Labute approximate surface area is 289 Å². The zero-order valence-corrected chi connectivity index (χ0v) is 30.7. The van der Waals surface area contributed by atoms with Gasteiger partial charge >= 0.3 is 34.6 Å². The van der Waals surface area contributed by atoms with Crippen LogP contribution in [0.15, 0.2) is 96.6 Å². The Bertz CT molecular complexity index is 1590. The van der Waals surface area contributed by atoms with Crippen LogP contribution in [0.4, 0.5) is 13.2 Å². The Morgan fingerprint density at radius 3 is 1.85 bits per heavy atom. The molecule has 0 saturated heterocycles. The van der Waals surface area contributed by atoms with Gasteiger partial charge in [0, 0.05) is 0 Å². The van der Waals surface area contributed by atoms with Crippen LogP contribution in [0.25, 0.3) is 16.7 Å². The predicted molar refractivity (Wildman–Crippen MR) is 184 cm³/mol. The number of hydrogen-bond donors (Lipinski definition) is 0. The molecular formula is C42H44F3Zr-3. The molecular weight excluding hydrogens is 653 g/mol. The molecule has 0 aliphatic heterocycles. The van der Waals surface area contributed by atoms with Gasteiger partial charge in [0.1, 0.15) is 0 Å². The summed E-state index contributed by atoms with van der Waals surface area (Å²) >= 11 is 1.30. The van der Waals surface area contributed by atoms with Crippen molar-refractivity contribution in [3.05, 3.63) is 148 Å². The van der Waals surface area contributed by atoms with Gasteiger partial charge in [0.2, 0.25) is 0 Å². The number of halogens is 3. The Morgan fingerprint density at radius 2 is 1.35 bits per heavy atom. The molecule has 0 fully saturated rings. The fourth-order valence-electron chi connectivity index (χ4n) is 5.33. The number of rotatable bonds is 1. The third-order valence-electron chi connectivity index (χ3n) is 7.92. The van der Waals surface area contributed by atoms with Crippen LogP contribution in [-0.2, 0) is 47.7 Å². The van der Waals surface area contributed by atoms with Crippen molar-refractivity contribution < 1.29 is 37.4 Å². The number of fused-ring (bicyclic) bond motifs is 3. The first-order valence-electron chi connectivity index (χ1n) is 15.5. The summed E-state index contributed by atoms with van der Waals surface area (Å²) in [6, 6.07) is 32.5. The fourth-order valence-corrected chi connectivity index (χ4v) is 5.33. The van der Waals surface area contributed by atoms with Crippen molar-refractivity contribution in [2.45, 2.75) is 78.8 Å². The second kappa shape index (κ2) is 15.7. The van der Waals surface area contributed by atoms with Crippen molar-refractivity contribution in [3.63, 3.8) is 0 Å². The number of hydrogen-bond acceptors (Lipinski definition) is 0. The van der Waals surface area contributed by atoms with E-state index in [1.807, 2.05) is 6.07 Å². The van der Waals surface area contributed by atoms with Crippen LogP contribution in [0, 0.1) is 24.1 Å². The second-order valence-corrected chi connectivity index (χ2v) is 13.6. The van der Waals surface area contributed by atoms with E-state index >= 15 is 0 Å². The molecule has 4 aromatic rings. The van der Waals surface area contributed by atoms with Gasteiger partial charge in [-0.25, -0.2) is 5.57 Å². The molecule has 2 aliphatic rings. The molecule has 4 aromatic carbocycles. The van der Waals surface area contributed by atoms with Crippen molar-refractivity contribution in [2.24, 2.45) is 5.92 Å². The maximum absolute atomic E-state index is 11.8. The van der Waals surface area contributed by atoms with E-state index in [4.69, 9.17) is 0 Å². The van der Waals surface area contributed by atoms with Crippen molar-refractivity contribution in [2.75, 3.05) is 0 Å². The quantitative estimate of drug-likeness (QED) is 0.153. The van der Waals surface area contributed by atoms with E-state index in [0.29, 0.717) is 5.92 Å². The topological polar surface area (TPSA) is 0 Å². The molecule has 0 nitrogen and oxygen atoms in total. The van der Waals surface area contributed by atoms with Gasteiger partial charge in [-0.05, 0) is 17.4 Å². The van der Waals surface area contributed by atoms with Crippen molar-refractivity contribution in [1.29, 1.82) is 0 Å². The van der Waals surface area contributed by atoms with E-state index in [1.165, 1.54) is 86.5 Å². The molecule has 0 saturated carbocycles. The van der Waals surface area contributed by atoms with Crippen LogP contribution in [0.5, 0.6) is 0 Å². The molecule has 0 bridgehead atoms. The van der Waals surface area contributed by atoms with E-state index in [0.717, 1.165) is 18.6 Å². The summed E-state index contributed by atoms with van der Waals surface area (Å²) in [5.74, 6) is 0.468. The van der Waals surface area contributed by atoms with Gasteiger partial charge in [-0.1, -0.05) is 132 Å². The molecule has 4 heteroatoms. The summed E-state index contributed by atoms with van der Waals surface area (Å²) < 4.78 is 38.7. The Morgan fingerprint density at radius 1 is 0.761 bits per heavy atom. The van der Waals surface area contributed by atoms with Crippen LogP contribution in [0.2, 0.25) is 0 Å². The molecule has 240 valence electrons. The van der Waals surface area contributed by atoms with Crippen LogP contribution in [0.3, 0.4) is 0 Å². The normalized spacial score (nSPS) is 15.0. The summed E-state index contributed by atoms with van der Waals surface area (Å²) in [7, 11) is 0. The molecule has 46 heavy (non-hydrogen) atoms. The van der Waals surface area contributed by atoms with Crippen LogP contribution >= 0.6 is 0 Å². The van der Waals surface area contributed by atoms with Crippen molar-refractivity contribution in [3.8, 4) is 11.1 Å². The molecule has 2 aliphatic carbocycles. The number of alkyl halides is 3. The molecule has 0 heterocycles. The third kappa shape index (κ3) is 9.95. The minimum absolute atomic E-state index is 0.177. The van der Waals surface area contributed by atoms with E-state index < -0.39 is 11.7 Å². The molecule has 0 spiro atoms. The Kier molecular flexibility index (Phi) is 12.7. The molecule has 1 atom stereocenters. The van der Waals surface area contributed by atoms with E-state index in [2.05, 4.69) is 138 Å². The molecule has 0 amide bonds. The fraction of sp³-hybridized carbons (Fsp3) is 0.310. The van der Waals surface area contributed by atoms with E-state index in [1.54, 1.807) is 0 Å². The number of benzene rings is 4. The van der Waals surface area contributed by atoms with Crippen molar-refractivity contribution in [1.82, 2.24) is 0 Å². The molecule has 0 aromatic heterocycles. The van der Waals surface area contributed by atoms with Gasteiger partial charge in [0.05, 0.1) is 0 Å². The third-order valence-corrected chi connectivity index (χ3v) is 7.92. The van der Waals surface area contributed by atoms with Crippen molar-refractivity contribution >= 4 is 9.78 Å². The first-order chi connectivity index (χ1) is 21.5. The first kappa shape index (κ1) is 37.4. The second-order valence-electron chi connectivity index (χ2n) is 13.6. The van der Waals surface area contributed by atoms with E-state index in [9.17, 15) is 13.2 Å². The van der Waals surface area contributed by atoms with Gasteiger partial charge in [-0.2, -0.15) is 84.5 Å². The molecule has 0 radical (unpaired) electrons. The van der Waals surface area contributed by atoms with Gasteiger partial charge in [0.15, 0.2) is 0 Å². The van der Waals surface area contributed by atoms with Crippen LogP contribution in [-0.4, -0.2) is 4.21 Å². The average Bonchev–Trinajstić information content (AvgIpc) is 3.56. The molecule has 1 unspecified atom stereocenters. The predicted octanol–water partition coefficient (Wildman–Crippen LogP) is 11.6. The molecule has 6 rings (SSSR count). The van der Waals surface area contributed by atoms with Gasteiger partial charge < -0.3 is 0 Å². The summed E-state index contributed by atoms with van der Waals surface area (Å²) in [6.07, 6.45) is 2.46. The van der Waals surface area contributed by atoms with Gasteiger partial charge in [-0.3, -0.25) is 6.08 Å². The van der Waals surface area contributed by atoms with Crippen LogP contribution in [0.1, 0.15) is 88.8 Å². The zero-order chi connectivity index (χ0) is 34.3. The Balaban J connectivity index is 0.000000197. The monoisotopic (exact) mass is 695 g/mol. The number of allylic oxidation sites excluding steroid dienone is 4. The van der Waals surface area contributed by atoms with Gasteiger partial charge in [0.25, 0.3) is 0 Å². The first-order valence-corrected chi connectivity index (χ1v) is 17.2. The summed E-state index contributed by atoms with van der Waals surface area (Å²) in [5.41, 5.74) is 12.0. The Hall–Kier alpha value is -3.10. The minimum atomic E-state index is -4.23. The summed E-state index contributed by atoms with van der Waals surface area (Å²) in [6.45, 7) is 17.9. The summed E-state index contributed by atoms with van der Waals surface area (Å²) in [5, 5.41) is 0. The average molecular weight is 697 g/mol. The van der Waals surface area contributed by atoms with Gasteiger partial charge in [-0.15, -0.1) is 11.1 Å². The SMILES string of the molecule is CC(C)(C)c1c[c-]c2c(c1)-c1cc(C(C)(C)C)ccc1C2.CC1=[C-]C(C)C=C1c1ccccc1.FC(F)(F)c1cc[c-]cc1.[CH2]=[Zr]. The zero-order valence-electron chi connectivity index (χ0n) is 28.3. The maximum atomic E-state index is 11.8. The van der Waals surface area contributed by atoms with E-state index in [-0.39, 0.29) is 10.8 Å². The molecule has 0 N–H and O–H groups in total. The van der Waals surface area contributed by atoms with Crippen LogP contribution < -0.4 is 0 Å². The standard InChI is InChI=1S/C21H25.C13H13.C7H4F3.CH2.Zr/c1-20(2,3)16-9-7-14-11-15-8-10-17(21(4,5)6)13-19(15)18(14)12-16;1-10-8-11(2)13(9-10)12-6-4-3-5-7-12;8-7(9,10)6-4-2-1-3-5-6;;/h7,9-10,12-13H,11H2,1-6H3;3-7,9-10H,1-2H3;2-5H;1H2;/q3*-1;;.